The van der Waals surface area contributed by atoms with Gasteiger partial charge in [-0.25, -0.2) is 4.39 Å². The predicted molar refractivity (Wildman–Crippen MR) is 110 cm³/mol. The highest BCUT2D eigenvalue weighted by molar-refractivity contribution is 5.95. The molecule has 1 aromatic heterocycles. The number of fused-ring (bicyclic) bond motifs is 1. The van der Waals surface area contributed by atoms with Gasteiger partial charge in [0.05, 0.1) is 17.5 Å². The van der Waals surface area contributed by atoms with E-state index in [0.29, 0.717) is 18.0 Å². The number of amides is 1. The first-order chi connectivity index (χ1) is 14.0. The van der Waals surface area contributed by atoms with E-state index in [1.54, 1.807) is 19.2 Å². The molecule has 29 heavy (non-hydrogen) atoms. The van der Waals surface area contributed by atoms with Gasteiger partial charge >= 0.3 is 0 Å². The number of hydrogen-bond donors (Lipinski definition) is 1. The Kier molecular flexibility index (Phi) is 5.96. The van der Waals surface area contributed by atoms with Crippen LogP contribution >= 0.6 is 0 Å². The number of piperazine rings is 1. The Labute approximate surface area is 171 Å². The lowest BCUT2D eigenvalue weighted by molar-refractivity contribution is 0.0662. The number of carbonyl (C=O) groups is 1. The van der Waals surface area contributed by atoms with E-state index in [2.05, 4.69) is 22.4 Å². The van der Waals surface area contributed by atoms with Crippen LogP contribution in [0.25, 0.3) is 0 Å². The van der Waals surface area contributed by atoms with Crippen LogP contribution in [0.2, 0.25) is 0 Å². The lowest BCUT2D eigenvalue weighted by atomic mass is 9.94. The summed E-state index contributed by atoms with van der Waals surface area (Å²) in [5.74, 6) is 0.412. The molecule has 3 heterocycles. The zero-order valence-corrected chi connectivity index (χ0v) is 17.3. The van der Waals surface area contributed by atoms with Crippen LogP contribution in [0, 0.1) is 18.7 Å². The standard InChI is InChI=1S/C22H30FN5O/c1-16-3-4-17(11-20(16)23)13-24-14-18-5-6-28-21(12-18)19(15-25-28)22(29)27-9-7-26(2)8-10-27/h3-4,11,15,18,24H,5-10,12-14H2,1-2H3. The van der Waals surface area contributed by atoms with Crippen molar-refractivity contribution in [3.05, 3.63) is 52.6 Å². The molecule has 1 aromatic carbocycles. The van der Waals surface area contributed by atoms with Gasteiger partial charge in [0.25, 0.3) is 5.91 Å². The van der Waals surface area contributed by atoms with Gasteiger partial charge in [-0.1, -0.05) is 12.1 Å². The van der Waals surface area contributed by atoms with Crippen LogP contribution in [0.15, 0.2) is 24.4 Å². The molecule has 2 aliphatic heterocycles. The summed E-state index contributed by atoms with van der Waals surface area (Å²) in [6, 6.07) is 5.39. The number of hydrogen-bond acceptors (Lipinski definition) is 4. The molecule has 1 fully saturated rings. The van der Waals surface area contributed by atoms with E-state index in [1.807, 2.05) is 21.7 Å². The van der Waals surface area contributed by atoms with Crippen molar-refractivity contribution in [2.24, 2.45) is 5.92 Å². The van der Waals surface area contributed by atoms with Crippen LogP contribution in [-0.4, -0.2) is 65.3 Å². The Morgan fingerprint density at radius 3 is 2.79 bits per heavy atom. The molecule has 1 N–H and O–H groups in total. The molecule has 2 aliphatic rings. The summed E-state index contributed by atoms with van der Waals surface area (Å²) in [6.07, 6.45) is 3.64. The maximum absolute atomic E-state index is 13.7. The fourth-order valence-electron chi connectivity index (χ4n) is 4.20. The summed E-state index contributed by atoms with van der Waals surface area (Å²) in [6.45, 7) is 7.51. The SMILES string of the molecule is Cc1ccc(CNCC2CCn3ncc(C(=O)N4CCN(C)CC4)c3C2)cc1F. The van der Waals surface area contributed by atoms with Gasteiger partial charge in [-0.2, -0.15) is 5.10 Å². The summed E-state index contributed by atoms with van der Waals surface area (Å²) >= 11 is 0. The van der Waals surface area contributed by atoms with Gasteiger partial charge in [-0.15, -0.1) is 0 Å². The fourth-order valence-corrected chi connectivity index (χ4v) is 4.20. The molecule has 7 heteroatoms. The minimum atomic E-state index is -0.155. The molecule has 1 saturated heterocycles. The summed E-state index contributed by atoms with van der Waals surface area (Å²) in [7, 11) is 2.09. The predicted octanol–water partition coefficient (Wildman–Crippen LogP) is 2.07. The third kappa shape index (κ3) is 4.51. The minimum Gasteiger partial charge on any atom is -0.336 e. The third-order valence-electron chi connectivity index (χ3n) is 6.20. The number of aryl methyl sites for hydroxylation is 2. The molecule has 1 atom stereocenters. The Hall–Kier alpha value is -2.25. The van der Waals surface area contributed by atoms with Crippen LogP contribution in [0.4, 0.5) is 4.39 Å². The first kappa shape index (κ1) is 20.0. The van der Waals surface area contributed by atoms with Crippen LogP contribution < -0.4 is 5.32 Å². The Balaban J connectivity index is 1.35. The van der Waals surface area contributed by atoms with E-state index < -0.39 is 0 Å². The maximum Gasteiger partial charge on any atom is 0.257 e. The van der Waals surface area contributed by atoms with Crippen LogP contribution in [0.5, 0.6) is 0 Å². The van der Waals surface area contributed by atoms with E-state index in [9.17, 15) is 9.18 Å². The van der Waals surface area contributed by atoms with Crippen molar-refractivity contribution in [2.45, 2.75) is 32.9 Å². The van der Waals surface area contributed by atoms with Gasteiger partial charge in [0.15, 0.2) is 0 Å². The molecule has 1 unspecified atom stereocenters. The molecule has 4 rings (SSSR count). The van der Waals surface area contributed by atoms with Crippen molar-refractivity contribution in [1.29, 1.82) is 0 Å². The van der Waals surface area contributed by atoms with Crippen molar-refractivity contribution in [3.8, 4) is 0 Å². The smallest absolute Gasteiger partial charge is 0.257 e. The lowest BCUT2D eigenvalue weighted by Gasteiger charge is -2.32. The van der Waals surface area contributed by atoms with Gasteiger partial charge < -0.3 is 15.1 Å². The second-order valence-corrected chi connectivity index (χ2v) is 8.40. The maximum atomic E-state index is 13.7. The third-order valence-corrected chi connectivity index (χ3v) is 6.20. The number of carbonyl (C=O) groups excluding carboxylic acids is 1. The van der Waals surface area contributed by atoms with Crippen molar-refractivity contribution < 1.29 is 9.18 Å². The van der Waals surface area contributed by atoms with Crippen LogP contribution in [0.1, 0.15) is 33.6 Å². The monoisotopic (exact) mass is 399 g/mol. The topological polar surface area (TPSA) is 53.4 Å². The Morgan fingerprint density at radius 1 is 1.24 bits per heavy atom. The number of nitrogens with zero attached hydrogens (tertiary/aromatic N) is 4. The second-order valence-electron chi connectivity index (χ2n) is 8.40. The summed E-state index contributed by atoms with van der Waals surface area (Å²) < 4.78 is 15.7. The number of halogens is 1. The Morgan fingerprint density at radius 2 is 2.03 bits per heavy atom. The highest BCUT2D eigenvalue weighted by Gasteiger charge is 2.28. The van der Waals surface area contributed by atoms with E-state index in [1.165, 1.54) is 0 Å². The van der Waals surface area contributed by atoms with Gasteiger partial charge in [-0.3, -0.25) is 9.48 Å². The molecule has 0 radical (unpaired) electrons. The average Bonchev–Trinajstić information content (AvgIpc) is 3.14. The fraction of sp³-hybridized carbons (Fsp3) is 0.545. The van der Waals surface area contributed by atoms with Crippen molar-refractivity contribution in [1.82, 2.24) is 24.9 Å². The molecule has 6 nitrogen and oxygen atoms in total. The van der Waals surface area contributed by atoms with Crippen molar-refractivity contribution >= 4 is 5.91 Å². The number of benzene rings is 1. The van der Waals surface area contributed by atoms with Gasteiger partial charge in [-0.05, 0) is 56.5 Å². The summed E-state index contributed by atoms with van der Waals surface area (Å²) in [4.78, 5) is 17.2. The number of aromatic nitrogens is 2. The van der Waals surface area contributed by atoms with E-state index in [0.717, 1.165) is 68.9 Å². The molecule has 0 aliphatic carbocycles. The highest BCUT2D eigenvalue weighted by Crippen LogP contribution is 2.24. The van der Waals surface area contributed by atoms with Crippen molar-refractivity contribution in [3.63, 3.8) is 0 Å². The summed E-state index contributed by atoms with van der Waals surface area (Å²) in [5.41, 5.74) is 3.46. The minimum absolute atomic E-state index is 0.114. The molecule has 156 valence electrons. The van der Waals surface area contributed by atoms with Gasteiger partial charge in [0.2, 0.25) is 0 Å². The number of rotatable bonds is 5. The molecule has 2 aromatic rings. The molecular formula is C22H30FN5O. The normalized spacial score (nSPS) is 20.0. The van der Waals surface area contributed by atoms with Gasteiger partial charge in [0, 0.05) is 39.3 Å². The number of nitrogens with one attached hydrogen (secondary N) is 1. The number of likely N-dealkylation sites (N-methyl/N-ethyl adjacent to an activating group) is 1. The second kappa shape index (κ2) is 8.63. The first-order valence-electron chi connectivity index (χ1n) is 10.5. The summed E-state index contributed by atoms with van der Waals surface area (Å²) in [5, 5.41) is 7.93. The molecule has 0 bridgehead atoms. The first-order valence-corrected chi connectivity index (χ1v) is 10.5. The molecular weight excluding hydrogens is 369 g/mol. The van der Waals surface area contributed by atoms with E-state index in [4.69, 9.17) is 0 Å². The Bertz CT molecular complexity index is 872. The quantitative estimate of drug-likeness (QED) is 0.836. The highest BCUT2D eigenvalue weighted by atomic mass is 19.1. The molecule has 0 spiro atoms. The molecule has 0 saturated carbocycles. The van der Waals surface area contributed by atoms with E-state index in [-0.39, 0.29) is 11.7 Å². The zero-order chi connectivity index (χ0) is 20.4. The molecule has 1 amide bonds. The largest absolute Gasteiger partial charge is 0.336 e. The van der Waals surface area contributed by atoms with Gasteiger partial charge in [0.1, 0.15) is 5.82 Å². The zero-order valence-electron chi connectivity index (χ0n) is 17.3. The van der Waals surface area contributed by atoms with Crippen LogP contribution in [-0.2, 0) is 19.5 Å². The lowest BCUT2D eigenvalue weighted by Crippen LogP contribution is -2.47. The van der Waals surface area contributed by atoms with E-state index >= 15 is 0 Å². The van der Waals surface area contributed by atoms with Crippen molar-refractivity contribution in [2.75, 3.05) is 39.8 Å². The van der Waals surface area contributed by atoms with Crippen LogP contribution in [0.3, 0.4) is 0 Å². The average molecular weight is 400 g/mol.